The van der Waals surface area contributed by atoms with Gasteiger partial charge in [0.15, 0.2) is 6.04 Å². The van der Waals surface area contributed by atoms with Gasteiger partial charge in [0.25, 0.3) is 5.91 Å². The summed E-state index contributed by atoms with van der Waals surface area (Å²) in [5.41, 5.74) is 1.43. The van der Waals surface area contributed by atoms with E-state index in [1.54, 1.807) is 42.1 Å². The first-order valence-electron chi connectivity index (χ1n) is 11.0. The molecule has 5 rings (SSSR count). The van der Waals surface area contributed by atoms with E-state index in [-0.39, 0.29) is 31.4 Å². The van der Waals surface area contributed by atoms with E-state index in [0.29, 0.717) is 22.8 Å². The van der Waals surface area contributed by atoms with Crippen molar-refractivity contribution < 1.29 is 18.4 Å². The molecule has 0 saturated heterocycles. The molecule has 0 aliphatic heterocycles. The summed E-state index contributed by atoms with van der Waals surface area (Å²) in [4.78, 5) is 29.7. The largest absolute Gasteiger partial charge is 0.467 e. The fraction of sp³-hybridized carbons (Fsp3) is 0.200. The first kappa shape index (κ1) is 22.6. The number of thiophene rings is 1. The minimum Gasteiger partial charge on any atom is -0.467 e. The maximum absolute atomic E-state index is 13.7. The average Bonchev–Trinajstić information content (AvgIpc) is 3.67. The van der Waals surface area contributed by atoms with Gasteiger partial charge in [-0.05, 0) is 54.8 Å². The Morgan fingerprint density at radius 1 is 1.11 bits per heavy atom. The molecule has 1 aromatic carbocycles. The van der Waals surface area contributed by atoms with Gasteiger partial charge in [-0.1, -0.05) is 23.4 Å². The Kier molecular flexibility index (Phi) is 6.44. The van der Waals surface area contributed by atoms with Gasteiger partial charge < -0.3 is 19.1 Å². The number of nitrogens with zero attached hydrogens (tertiary/aromatic N) is 4. The van der Waals surface area contributed by atoms with Crippen molar-refractivity contribution in [3.05, 3.63) is 94.5 Å². The van der Waals surface area contributed by atoms with Crippen LogP contribution in [0.1, 0.15) is 28.2 Å². The number of carbonyl (C=O) groups excluding carboxylic acids is 2. The van der Waals surface area contributed by atoms with Crippen LogP contribution in [0.3, 0.4) is 0 Å². The van der Waals surface area contributed by atoms with Gasteiger partial charge in [-0.15, -0.1) is 16.4 Å². The molecule has 178 valence electrons. The maximum Gasteiger partial charge on any atom is 0.251 e. The number of para-hydroxylation sites is 1. The van der Waals surface area contributed by atoms with Crippen LogP contribution in [-0.4, -0.2) is 31.7 Å². The fourth-order valence-electron chi connectivity index (χ4n) is 3.86. The summed E-state index contributed by atoms with van der Waals surface area (Å²) in [6.45, 7) is 2.15. The van der Waals surface area contributed by atoms with Crippen LogP contribution in [0.5, 0.6) is 0 Å². The summed E-state index contributed by atoms with van der Waals surface area (Å²) < 4.78 is 12.7. The van der Waals surface area contributed by atoms with Crippen molar-refractivity contribution in [3.8, 4) is 0 Å². The summed E-state index contributed by atoms with van der Waals surface area (Å²) in [5, 5.41) is 13.1. The van der Waals surface area contributed by atoms with Crippen molar-refractivity contribution >= 4 is 34.2 Å². The van der Waals surface area contributed by atoms with Crippen molar-refractivity contribution in [2.75, 3.05) is 0 Å². The number of fused-ring (bicyclic) bond motifs is 1. The predicted octanol–water partition coefficient (Wildman–Crippen LogP) is 4.07. The van der Waals surface area contributed by atoms with Crippen molar-refractivity contribution in [3.63, 3.8) is 0 Å². The summed E-state index contributed by atoms with van der Waals surface area (Å²) >= 11 is 1.51. The van der Waals surface area contributed by atoms with Gasteiger partial charge in [-0.3, -0.25) is 9.59 Å². The normalized spacial score (nSPS) is 12.0. The van der Waals surface area contributed by atoms with Gasteiger partial charge in [0, 0.05) is 4.88 Å². The molecular formula is C25H23N5O4S. The van der Waals surface area contributed by atoms with E-state index < -0.39 is 6.04 Å². The third-order valence-corrected chi connectivity index (χ3v) is 6.40. The monoisotopic (exact) mass is 489 g/mol. The Balaban J connectivity index is 1.47. The number of benzene rings is 1. The van der Waals surface area contributed by atoms with Gasteiger partial charge in [0.05, 0.1) is 24.9 Å². The standard InChI is InChI=1S/C25H23N5O4S/c1-17-10-11-22(34-17)24(25(32)26-14-18-6-4-12-33-18)29(15-19-7-5-13-35-19)23(31)16-30-21-9-3-2-8-20(21)27-28-30/h2-13,24H,14-16H2,1H3,(H,26,32)/t24-/m0/s1. The summed E-state index contributed by atoms with van der Waals surface area (Å²) in [5.74, 6) is 0.978. The highest BCUT2D eigenvalue weighted by molar-refractivity contribution is 7.09. The molecule has 10 heteroatoms. The van der Waals surface area contributed by atoms with Crippen LogP contribution in [0, 0.1) is 6.92 Å². The summed E-state index contributed by atoms with van der Waals surface area (Å²) in [6, 6.07) is 17.3. The molecule has 0 spiro atoms. The van der Waals surface area contributed by atoms with Crippen LogP contribution >= 0.6 is 11.3 Å². The van der Waals surface area contributed by atoms with Crippen LogP contribution in [0.2, 0.25) is 0 Å². The highest BCUT2D eigenvalue weighted by atomic mass is 32.1. The number of aryl methyl sites for hydroxylation is 1. The molecule has 1 N–H and O–H groups in total. The minimum absolute atomic E-state index is 0.0759. The number of rotatable bonds is 9. The molecule has 0 aliphatic carbocycles. The minimum atomic E-state index is -0.983. The number of furan rings is 2. The van der Waals surface area contributed by atoms with E-state index in [1.807, 2.05) is 41.8 Å². The molecule has 0 radical (unpaired) electrons. The Hall–Kier alpha value is -4.18. The van der Waals surface area contributed by atoms with Crippen molar-refractivity contribution in [1.82, 2.24) is 25.2 Å². The molecule has 0 saturated carbocycles. The lowest BCUT2D eigenvalue weighted by Gasteiger charge is -2.29. The molecule has 0 unspecified atom stereocenters. The second-order valence-corrected chi connectivity index (χ2v) is 9.02. The summed E-state index contributed by atoms with van der Waals surface area (Å²) in [7, 11) is 0. The first-order chi connectivity index (χ1) is 17.1. The van der Waals surface area contributed by atoms with Gasteiger partial charge in [0.2, 0.25) is 5.91 Å². The molecular weight excluding hydrogens is 466 g/mol. The molecule has 5 aromatic rings. The van der Waals surface area contributed by atoms with E-state index >= 15 is 0 Å². The molecule has 9 nitrogen and oxygen atoms in total. The predicted molar refractivity (Wildman–Crippen MR) is 129 cm³/mol. The van der Waals surface area contributed by atoms with E-state index in [9.17, 15) is 9.59 Å². The zero-order valence-corrected chi connectivity index (χ0v) is 19.8. The number of nitrogens with one attached hydrogen (secondary N) is 1. The zero-order valence-electron chi connectivity index (χ0n) is 19.0. The highest BCUT2D eigenvalue weighted by Crippen LogP contribution is 2.27. The Labute approximate surface area is 204 Å². The fourth-order valence-corrected chi connectivity index (χ4v) is 4.56. The van der Waals surface area contributed by atoms with E-state index in [1.165, 1.54) is 16.2 Å². The lowest BCUT2D eigenvalue weighted by atomic mass is 10.1. The number of amides is 2. The third-order valence-electron chi connectivity index (χ3n) is 5.54. The molecule has 0 fully saturated rings. The van der Waals surface area contributed by atoms with E-state index in [2.05, 4.69) is 15.6 Å². The molecule has 4 aromatic heterocycles. The molecule has 2 amide bonds. The quantitative estimate of drug-likeness (QED) is 0.335. The summed E-state index contributed by atoms with van der Waals surface area (Å²) in [6.07, 6.45) is 1.55. The molecule has 4 heterocycles. The van der Waals surface area contributed by atoms with Gasteiger partial charge in [-0.25, -0.2) is 4.68 Å². The Morgan fingerprint density at radius 3 is 2.74 bits per heavy atom. The lowest BCUT2D eigenvalue weighted by molar-refractivity contribution is -0.143. The highest BCUT2D eigenvalue weighted by Gasteiger charge is 2.34. The SMILES string of the molecule is Cc1ccc([C@@H](C(=O)NCc2ccco2)N(Cc2cccs2)C(=O)Cn2nnc3ccccc32)o1. The molecule has 35 heavy (non-hydrogen) atoms. The molecule has 0 bridgehead atoms. The number of aromatic nitrogens is 3. The molecule has 1 atom stereocenters. The topological polar surface area (TPSA) is 106 Å². The van der Waals surface area contributed by atoms with Crippen LogP contribution in [-0.2, 0) is 29.2 Å². The van der Waals surface area contributed by atoms with Crippen molar-refractivity contribution in [2.45, 2.75) is 32.6 Å². The van der Waals surface area contributed by atoms with E-state index in [4.69, 9.17) is 8.83 Å². The number of hydrogen-bond acceptors (Lipinski definition) is 7. The van der Waals surface area contributed by atoms with Crippen LogP contribution in [0.15, 0.2) is 81.1 Å². The third kappa shape index (κ3) is 5.02. The van der Waals surface area contributed by atoms with Gasteiger partial charge >= 0.3 is 0 Å². The number of hydrogen-bond donors (Lipinski definition) is 1. The second kappa shape index (κ2) is 9.98. The van der Waals surface area contributed by atoms with Crippen LogP contribution in [0.4, 0.5) is 0 Å². The Morgan fingerprint density at radius 2 is 2.00 bits per heavy atom. The van der Waals surface area contributed by atoms with Crippen molar-refractivity contribution in [2.24, 2.45) is 0 Å². The van der Waals surface area contributed by atoms with Crippen LogP contribution < -0.4 is 5.32 Å². The van der Waals surface area contributed by atoms with Crippen LogP contribution in [0.25, 0.3) is 11.0 Å². The number of carbonyl (C=O) groups is 2. The lowest BCUT2D eigenvalue weighted by Crippen LogP contribution is -2.44. The zero-order chi connectivity index (χ0) is 24.2. The average molecular weight is 490 g/mol. The molecule has 0 aliphatic rings. The maximum atomic E-state index is 13.7. The van der Waals surface area contributed by atoms with Crippen molar-refractivity contribution in [1.29, 1.82) is 0 Å². The first-order valence-corrected chi connectivity index (χ1v) is 11.9. The van der Waals surface area contributed by atoms with Gasteiger partial charge in [0.1, 0.15) is 29.3 Å². The van der Waals surface area contributed by atoms with Gasteiger partial charge in [-0.2, -0.15) is 0 Å². The smallest absolute Gasteiger partial charge is 0.251 e. The van der Waals surface area contributed by atoms with E-state index in [0.717, 1.165) is 10.4 Å². The second-order valence-electron chi connectivity index (χ2n) is 7.98. The Bertz CT molecular complexity index is 1420.